The Balaban J connectivity index is 2.08. The molecule has 1 aliphatic heterocycles. The molecule has 3 rings (SSSR count). The van der Waals surface area contributed by atoms with Gasteiger partial charge in [0, 0.05) is 12.7 Å². The summed E-state index contributed by atoms with van der Waals surface area (Å²) in [5, 5.41) is 0.472. The Morgan fingerprint density at radius 3 is 3.13 bits per heavy atom. The van der Waals surface area contributed by atoms with E-state index in [2.05, 4.69) is 9.71 Å². The molecule has 15 heavy (non-hydrogen) atoms. The van der Waals surface area contributed by atoms with Crippen LogP contribution >= 0.6 is 11.6 Å². The van der Waals surface area contributed by atoms with Crippen molar-refractivity contribution in [3.05, 3.63) is 17.3 Å². The van der Waals surface area contributed by atoms with Crippen molar-refractivity contribution in [1.29, 1.82) is 0 Å². The van der Waals surface area contributed by atoms with Gasteiger partial charge in [-0.1, -0.05) is 11.6 Å². The second-order valence-electron chi connectivity index (χ2n) is 3.83. The summed E-state index contributed by atoms with van der Waals surface area (Å²) in [4.78, 5) is 4.61. The molecule has 1 atom stereocenters. The topological polar surface area (TPSA) is 51.2 Å². The molecule has 0 radical (unpaired) electrons. The van der Waals surface area contributed by atoms with Crippen molar-refractivity contribution in [2.24, 2.45) is 0 Å². The summed E-state index contributed by atoms with van der Waals surface area (Å²) in [7, 11) is -1.27. The number of nitrogens with one attached hydrogen (secondary N) is 1. The van der Waals surface area contributed by atoms with E-state index in [4.69, 9.17) is 16.3 Å². The number of aromatic nitrogens is 1. The van der Waals surface area contributed by atoms with Crippen molar-refractivity contribution in [3.8, 4) is 5.88 Å². The second-order valence-corrected chi connectivity index (χ2v) is 5.53. The number of pyridine rings is 1. The first-order chi connectivity index (χ1) is 7.19. The van der Waals surface area contributed by atoms with Crippen LogP contribution in [0.1, 0.15) is 12.8 Å². The predicted octanol–water partition coefficient (Wildman–Crippen LogP) is 1.27. The lowest BCUT2D eigenvalue weighted by Crippen LogP contribution is -2.31. The Morgan fingerprint density at radius 1 is 1.60 bits per heavy atom. The summed E-state index contributed by atoms with van der Waals surface area (Å²) in [6, 6.07) is 1.63. The number of rotatable bonds is 0. The lowest BCUT2D eigenvalue weighted by Gasteiger charge is -2.13. The van der Waals surface area contributed by atoms with Gasteiger partial charge in [-0.15, -0.1) is 0 Å². The lowest BCUT2D eigenvalue weighted by atomic mass is 10.3. The highest BCUT2D eigenvalue weighted by atomic mass is 35.5. The minimum atomic E-state index is -1.27. The van der Waals surface area contributed by atoms with E-state index in [9.17, 15) is 4.21 Å². The van der Waals surface area contributed by atoms with Crippen LogP contribution in [0.5, 0.6) is 5.88 Å². The maximum Gasteiger partial charge on any atom is 0.232 e. The maximum absolute atomic E-state index is 11.8. The minimum Gasteiger partial charge on any atom is -0.469 e. The molecule has 1 fully saturated rings. The quantitative estimate of drug-likeness (QED) is 0.748. The average Bonchev–Trinajstić information content (AvgIpc) is 2.99. The Bertz CT molecular complexity index is 448. The molecule has 2 aliphatic rings. The zero-order valence-electron chi connectivity index (χ0n) is 7.83. The second kappa shape index (κ2) is 3.17. The number of hydrogen-bond acceptors (Lipinski definition) is 3. The molecule has 4 nitrogen and oxygen atoms in total. The highest BCUT2D eigenvalue weighted by Gasteiger charge is 2.48. The van der Waals surface area contributed by atoms with Crippen LogP contribution < -0.4 is 9.46 Å². The van der Waals surface area contributed by atoms with Gasteiger partial charge in [0.15, 0.2) is 0 Å². The molecule has 2 heterocycles. The van der Waals surface area contributed by atoms with E-state index in [1.807, 2.05) is 0 Å². The predicted molar refractivity (Wildman–Crippen MR) is 56.3 cm³/mol. The molecular weight excluding hydrogens is 236 g/mol. The summed E-state index contributed by atoms with van der Waals surface area (Å²) in [5.74, 6) is 0.445. The van der Waals surface area contributed by atoms with Crippen molar-refractivity contribution in [3.63, 3.8) is 0 Å². The van der Waals surface area contributed by atoms with Gasteiger partial charge in [-0.05, 0) is 18.9 Å². The number of ether oxygens (including phenoxy) is 1. The first kappa shape index (κ1) is 9.57. The molecule has 1 spiro atoms. The standard InChI is InChI=1S/C9H9ClN2O2S/c10-6-3-7-8(11-4-6)14-9(1-2-9)5-12-15(7)13/h3-4,12H,1-2,5H2. The average molecular weight is 245 g/mol. The Hall–Kier alpha value is -0.650. The van der Waals surface area contributed by atoms with E-state index in [1.165, 1.54) is 6.20 Å². The first-order valence-electron chi connectivity index (χ1n) is 4.68. The molecule has 1 unspecified atom stereocenters. The third-order valence-corrected chi connectivity index (χ3v) is 3.94. The van der Waals surface area contributed by atoms with Crippen molar-refractivity contribution in [2.75, 3.05) is 6.54 Å². The summed E-state index contributed by atoms with van der Waals surface area (Å²) < 4.78 is 20.5. The lowest BCUT2D eigenvalue weighted by molar-refractivity contribution is 0.174. The third kappa shape index (κ3) is 1.64. The van der Waals surface area contributed by atoms with Gasteiger partial charge >= 0.3 is 0 Å². The van der Waals surface area contributed by atoms with Crippen LogP contribution in [0.25, 0.3) is 0 Å². The molecule has 1 aromatic rings. The van der Waals surface area contributed by atoms with Gasteiger partial charge in [-0.25, -0.2) is 13.9 Å². The van der Waals surface area contributed by atoms with Gasteiger partial charge in [-0.3, -0.25) is 0 Å². The van der Waals surface area contributed by atoms with Crippen molar-refractivity contribution >= 4 is 22.6 Å². The molecule has 1 N–H and O–H groups in total. The molecule has 1 aliphatic carbocycles. The largest absolute Gasteiger partial charge is 0.469 e. The summed E-state index contributed by atoms with van der Waals surface area (Å²) >= 11 is 5.80. The van der Waals surface area contributed by atoms with Crippen LogP contribution in [0.15, 0.2) is 17.2 Å². The monoisotopic (exact) mass is 244 g/mol. The molecule has 80 valence electrons. The zero-order valence-corrected chi connectivity index (χ0v) is 9.40. The Kier molecular flexibility index (Phi) is 2.02. The van der Waals surface area contributed by atoms with Gasteiger partial charge < -0.3 is 4.74 Å². The van der Waals surface area contributed by atoms with Crippen LogP contribution in [0, 0.1) is 0 Å². The van der Waals surface area contributed by atoms with Crippen LogP contribution in [0.2, 0.25) is 5.02 Å². The summed E-state index contributed by atoms with van der Waals surface area (Å²) in [6.07, 6.45) is 3.49. The first-order valence-corrected chi connectivity index (χ1v) is 6.21. The number of nitrogens with zero attached hydrogens (tertiary/aromatic N) is 1. The molecule has 0 aromatic carbocycles. The van der Waals surface area contributed by atoms with Crippen LogP contribution in [0.4, 0.5) is 0 Å². The van der Waals surface area contributed by atoms with Crippen LogP contribution in [-0.4, -0.2) is 21.3 Å². The van der Waals surface area contributed by atoms with E-state index in [0.717, 1.165) is 12.8 Å². The van der Waals surface area contributed by atoms with Crippen LogP contribution in [-0.2, 0) is 11.0 Å². The normalized spacial score (nSPS) is 26.6. The molecule has 0 bridgehead atoms. The highest BCUT2D eigenvalue weighted by Crippen LogP contribution is 2.42. The van der Waals surface area contributed by atoms with Gasteiger partial charge in [0.25, 0.3) is 0 Å². The van der Waals surface area contributed by atoms with E-state index in [1.54, 1.807) is 6.07 Å². The molecule has 6 heteroatoms. The third-order valence-electron chi connectivity index (χ3n) is 2.63. The molecular formula is C9H9ClN2O2S. The fourth-order valence-electron chi connectivity index (χ4n) is 1.55. The van der Waals surface area contributed by atoms with Gasteiger partial charge in [0.1, 0.15) is 21.5 Å². The molecule has 0 saturated heterocycles. The van der Waals surface area contributed by atoms with E-state index < -0.39 is 11.0 Å². The van der Waals surface area contributed by atoms with E-state index >= 15 is 0 Å². The molecule has 1 aromatic heterocycles. The van der Waals surface area contributed by atoms with E-state index in [-0.39, 0.29) is 5.60 Å². The minimum absolute atomic E-state index is 0.179. The summed E-state index contributed by atoms with van der Waals surface area (Å²) in [5.41, 5.74) is -0.179. The van der Waals surface area contributed by atoms with Gasteiger partial charge in [0.05, 0.1) is 5.02 Å². The SMILES string of the molecule is O=S1NCC2(CC2)Oc2ncc(Cl)cc21. The molecule has 0 amide bonds. The van der Waals surface area contributed by atoms with Crippen molar-refractivity contribution in [2.45, 2.75) is 23.3 Å². The zero-order chi connectivity index (χ0) is 10.5. The van der Waals surface area contributed by atoms with Crippen LogP contribution in [0.3, 0.4) is 0 Å². The number of halogens is 1. The highest BCUT2D eigenvalue weighted by molar-refractivity contribution is 7.83. The number of hydrogen-bond donors (Lipinski definition) is 1. The van der Waals surface area contributed by atoms with Crippen molar-refractivity contribution in [1.82, 2.24) is 9.71 Å². The Morgan fingerprint density at radius 2 is 2.40 bits per heavy atom. The fourth-order valence-corrected chi connectivity index (χ4v) is 2.81. The van der Waals surface area contributed by atoms with Gasteiger partial charge in [0.2, 0.25) is 5.88 Å². The summed E-state index contributed by atoms with van der Waals surface area (Å²) in [6.45, 7) is 0.605. The molecule has 1 saturated carbocycles. The Labute approximate surface area is 94.6 Å². The van der Waals surface area contributed by atoms with Gasteiger partial charge in [-0.2, -0.15) is 0 Å². The van der Waals surface area contributed by atoms with Crippen molar-refractivity contribution < 1.29 is 8.95 Å². The number of fused-ring (bicyclic) bond motifs is 1. The van der Waals surface area contributed by atoms with E-state index in [0.29, 0.717) is 22.3 Å². The smallest absolute Gasteiger partial charge is 0.232 e. The fraction of sp³-hybridized carbons (Fsp3) is 0.444. The maximum atomic E-state index is 11.8.